The van der Waals surface area contributed by atoms with Gasteiger partial charge in [-0.15, -0.1) is 11.3 Å². The number of carbonyl (C=O) groups excluding carboxylic acids is 1. The van der Waals surface area contributed by atoms with Crippen molar-refractivity contribution >= 4 is 33.2 Å². The zero-order valence-corrected chi connectivity index (χ0v) is 14.1. The Bertz CT molecular complexity index is 778. The first kappa shape index (κ1) is 15.0. The van der Waals surface area contributed by atoms with Gasteiger partial charge in [-0.3, -0.25) is 4.79 Å². The number of thiophene rings is 1. The lowest BCUT2D eigenvalue weighted by atomic mass is 10.3. The molecule has 0 saturated heterocycles. The van der Waals surface area contributed by atoms with E-state index in [2.05, 4.69) is 20.9 Å². The molecule has 0 atom stereocenters. The molecular weight excluding hydrogens is 366 g/mol. The minimum Gasteiger partial charge on any atom is -0.440 e. The van der Waals surface area contributed by atoms with Gasteiger partial charge in [0.05, 0.1) is 17.0 Å². The Morgan fingerprint density at radius 1 is 1.32 bits per heavy atom. The van der Waals surface area contributed by atoms with Crippen LogP contribution in [0.15, 0.2) is 50.7 Å². The number of hydrogen-bond acceptors (Lipinski definition) is 5. The Labute approximate surface area is 139 Å². The van der Waals surface area contributed by atoms with Crippen LogP contribution in [0.3, 0.4) is 0 Å². The van der Waals surface area contributed by atoms with Crippen LogP contribution in [0.5, 0.6) is 5.75 Å². The number of rotatable bonds is 4. The van der Waals surface area contributed by atoms with Gasteiger partial charge in [0.15, 0.2) is 0 Å². The molecule has 22 heavy (non-hydrogen) atoms. The summed E-state index contributed by atoms with van der Waals surface area (Å²) in [6.45, 7) is 1.80. The van der Waals surface area contributed by atoms with Crippen molar-refractivity contribution in [1.82, 2.24) is 4.98 Å². The summed E-state index contributed by atoms with van der Waals surface area (Å²) in [6.07, 6.45) is 0.0801. The van der Waals surface area contributed by atoms with Crippen molar-refractivity contribution in [3.05, 3.63) is 57.7 Å². The number of esters is 1. The lowest BCUT2D eigenvalue weighted by molar-refractivity contribution is -0.133. The Kier molecular flexibility index (Phi) is 4.40. The van der Waals surface area contributed by atoms with Crippen molar-refractivity contribution in [2.24, 2.45) is 0 Å². The molecule has 0 bridgehead atoms. The molecule has 0 radical (unpaired) electrons. The summed E-state index contributed by atoms with van der Waals surface area (Å²) in [5.41, 5.74) is 0.602. The summed E-state index contributed by atoms with van der Waals surface area (Å²) in [4.78, 5) is 17.3. The van der Waals surface area contributed by atoms with Crippen LogP contribution >= 0.6 is 27.3 Å². The molecule has 2 heterocycles. The van der Waals surface area contributed by atoms with E-state index in [1.807, 2.05) is 29.6 Å². The SMILES string of the molecule is Cc1oc(-c2cccs2)nc1CC(=O)Oc1ccc(Br)cc1. The van der Waals surface area contributed by atoms with Gasteiger partial charge in [-0.1, -0.05) is 22.0 Å². The summed E-state index contributed by atoms with van der Waals surface area (Å²) in [5, 5.41) is 1.95. The van der Waals surface area contributed by atoms with Crippen LogP contribution in [0.1, 0.15) is 11.5 Å². The van der Waals surface area contributed by atoms with Gasteiger partial charge in [0.1, 0.15) is 11.5 Å². The first-order valence-corrected chi connectivity index (χ1v) is 8.25. The van der Waals surface area contributed by atoms with E-state index in [1.54, 1.807) is 30.4 Å². The van der Waals surface area contributed by atoms with Crippen LogP contribution in [-0.4, -0.2) is 11.0 Å². The maximum absolute atomic E-state index is 12.0. The number of nitrogens with zero attached hydrogens (tertiary/aromatic N) is 1. The number of oxazole rings is 1. The van der Waals surface area contributed by atoms with Crippen molar-refractivity contribution in [1.29, 1.82) is 0 Å². The molecule has 3 aromatic rings. The fourth-order valence-corrected chi connectivity index (χ4v) is 2.82. The van der Waals surface area contributed by atoms with Crippen LogP contribution in [0, 0.1) is 6.92 Å². The Balaban J connectivity index is 1.70. The van der Waals surface area contributed by atoms with Gasteiger partial charge in [-0.05, 0) is 42.6 Å². The molecule has 0 N–H and O–H groups in total. The second-order valence-corrected chi connectivity index (χ2v) is 6.47. The van der Waals surface area contributed by atoms with E-state index in [1.165, 1.54) is 0 Å². The Hall–Kier alpha value is -1.92. The van der Waals surface area contributed by atoms with Crippen molar-refractivity contribution in [2.45, 2.75) is 13.3 Å². The van der Waals surface area contributed by atoms with Crippen molar-refractivity contribution in [2.75, 3.05) is 0 Å². The van der Waals surface area contributed by atoms with Crippen molar-refractivity contribution in [3.63, 3.8) is 0 Å². The highest BCUT2D eigenvalue weighted by Gasteiger charge is 2.16. The van der Waals surface area contributed by atoms with Gasteiger partial charge in [0, 0.05) is 4.47 Å². The molecule has 0 unspecified atom stereocenters. The largest absolute Gasteiger partial charge is 0.440 e. The predicted molar refractivity (Wildman–Crippen MR) is 88.0 cm³/mol. The lowest BCUT2D eigenvalue weighted by Gasteiger charge is -2.03. The summed E-state index contributed by atoms with van der Waals surface area (Å²) in [5.74, 6) is 1.32. The first-order valence-electron chi connectivity index (χ1n) is 6.58. The lowest BCUT2D eigenvalue weighted by Crippen LogP contribution is -2.12. The van der Waals surface area contributed by atoms with E-state index in [0.717, 1.165) is 9.35 Å². The van der Waals surface area contributed by atoms with Crippen molar-refractivity contribution in [3.8, 4) is 16.5 Å². The summed E-state index contributed by atoms with van der Waals surface area (Å²) < 4.78 is 11.8. The van der Waals surface area contributed by atoms with Gasteiger partial charge in [-0.25, -0.2) is 4.98 Å². The molecule has 0 fully saturated rings. The minimum atomic E-state index is -0.364. The number of ether oxygens (including phenoxy) is 1. The average Bonchev–Trinajstić information content (AvgIpc) is 3.12. The Morgan fingerprint density at radius 2 is 2.09 bits per heavy atom. The van der Waals surface area contributed by atoms with Gasteiger partial charge in [0.25, 0.3) is 0 Å². The second kappa shape index (κ2) is 6.46. The van der Waals surface area contributed by atoms with Crippen LogP contribution in [-0.2, 0) is 11.2 Å². The van der Waals surface area contributed by atoms with E-state index in [9.17, 15) is 4.79 Å². The van der Waals surface area contributed by atoms with Gasteiger partial charge >= 0.3 is 5.97 Å². The molecule has 0 amide bonds. The van der Waals surface area contributed by atoms with Gasteiger partial charge < -0.3 is 9.15 Å². The minimum absolute atomic E-state index is 0.0801. The quantitative estimate of drug-likeness (QED) is 0.491. The highest BCUT2D eigenvalue weighted by atomic mass is 79.9. The smallest absolute Gasteiger partial charge is 0.317 e. The number of aryl methyl sites for hydroxylation is 1. The molecule has 0 spiro atoms. The monoisotopic (exact) mass is 377 g/mol. The Morgan fingerprint density at radius 3 is 2.77 bits per heavy atom. The molecule has 0 aliphatic rings. The highest BCUT2D eigenvalue weighted by Crippen LogP contribution is 2.26. The maximum atomic E-state index is 12.0. The van der Waals surface area contributed by atoms with Crippen molar-refractivity contribution < 1.29 is 13.9 Å². The van der Waals surface area contributed by atoms with E-state index in [0.29, 0.717) is 23.1 Å². The van der Waals surface area contributed by atoms with Crippen LogP contribution in [0.2, 0.25) is 0 Å². The predicted octanol–water partition coefficient (Wildman–Crippen LogP) is 4.62. The molecule has 112 valence electrons. The molecule has 4 nitrogen and oxygen atoms in total. The number of benzene rings is 1. The van der Waals surface area contributed by atoms with E-state index in [-0.39, 0.29) is 12.4 Å². The molecule has 3 rings (SSSR count). The molecule has 2 aromatic heterocycles. The molecule has 1 aromatic carbocycles. The standard InChI is InChI=1S/C16H12BrNO3S/c1-10-13(18-16(20-10)14-3-2-8-22-14)9-15(19)21-12-6-4-11(17)5-7-12/h2-8H,9H2,1H3. The average molecular weight is 378 g/mol. The topological polar surface area (TPSA) is 52.3 Å². The van der Waals surface area contributed by atoms with Gasteiger partial charge in [-0.2, -0.15) is 0 Å². The third-order valence-electron chi connectivity index (χ3n) is 2.98. The zero-order valence-electron chi connectivity index (χ0n) is 11.7. The summed E-state index contributed by atoms with van der Waals surface area (Å²) in [6, 6.07) is 11.0. The van der Waals surface area contributed by atoms with Crippen LogP contribution in [0.25, 0.3) is 10.8 Å². The third kappa shape index (κ3) is 3.45. The number of hydrogen-bond donors (Lipinski definition) is 0. The summed E-state index contributed by atoms with van der Waals surface area (Å²) in [7, 11) is 0. The summed E-state index contributed by atoms with van der Waals surface area (Å²) >= 11 is 4.88. The third-order valence-corrected chi connectivity index (χ3v) is 4.37. The fraction of sp³-hybridized carbons (Fsp3) is 0.125. The number of aromatic nitrogens is 1. The van der Waals surface area contributed by atoms with Gasteiger partial charge in [0.2, 0.25) is 5.89 Å². The number of carbonyl (C=O) groups is 1. The molecular formula is C16H12BrNO3S. The van der Waals surface area contributed by atoms with Crippen LogP contribution in [0.4, 0.5) is 0 Å². The zero-order chi connectivity index (χ0) is 15.5. The van der Waals surface area contributed by atoms with E-state index >= 15 is 0 Å². The second-order valence-electron chi connectivity index (χ2n) is 4.60. The molecule has 0 aliphatic carbocycles. The van der Waals surface area contributed by atoms with Crippen LogP contribution < -0.4 is 4.74 Å². The fourth-order valence-electron chi connectivity index (χ4n) is 1.90. The molecule has 0 saturated carbocycles. The first-order chi connectivity index (χ1) is 10.6. The molecule has 0 aliphatic heterocycles. The maximum Gasteiger partial charge on any atom is 0.317 e. The highest BCUT2D eigenvalue weighted by molar-refractivity contribution is 9.10. The normalized spacial score (nSPS) is 10.6. The van der Waals surface area contributed by atoms with E-state index in [4.69, 9.17) is 9.15 Å². The van der Waals surface area contributed by atoms with E-state index < -0.39 is 0 Å². The number of halogens is 1. The molecule has 6 heteroatoms.